The zero-order valence-corrected chi connectivity index (χ0v) is 18.1. The predicted molar refractivity (Wildman–Crippen MR) is 115 cm³/mol. The van der Waals surface area contributed by atoms with Crippen LogP contribution in [-0.2, 0) is 20.8 Å². The highest BCUT2D eigenvalue weighted by Crippen LogP contribution is 2.28. The van der Waals surface area contributed by atoms with Gasteiger partial charge < -0.3 is 10.4 Å². The van der Waals surface area contributed by atoms with Crippen molar-refractivity contribution in [2.45, 2.75) is 49.4 Å². The second kappa shape index (κ2) is 10.4. The molecule has 0 radical (unpaired) electrons. The number of rotatable bonds is 7. The Balaban J connectivity index is 1.72. The first-order valence-electron chi connectivity index (χ1n) is 9.85. The van der Waals surface area contributed by atoms with Gasteiger partial charge in [-0.2, -0.15) is 0 Å². The first-order valence-corrected chi connectivity index (χ1v) is 12.5. The molecule has 0 saturated carbocycles. The molecule has 29 heavy (non-hydrogen) atoms. The van der Waals surface area contributed by atoms with Crippen LogP contribution in [0.2, 0.25) is 0 Å². The minimum Gasteiger partial charge on any atom is -0.480 e. The molecule has 0 bridgehead atoms. The van der Waals surface area contributed by atoms with Crippen molar-refractivity contribution >= 4 is 39.4 Å². The van der Waals surface area contributed by atoms with Crippen LogP contribution in [0.3, 0.4) is 0 Å². The standard InChI is InChI=1S/C20H27N3O4S2/c1-28-29-17(13-14-7-3-2-4-8-14)18(24)21-15-9-5-11-22-12-6-10-16(20(26)27)23(22)19(15)25/h2-4,7-8,15-17H,5-6,9-13H2,1H3,(H,21,24)(H,26,27)/t15-,16-,17-/m1/s1. The van der Waals surface area contributed by atoms with E-state index in [1.165, 1.54) is 26.6 Å². The second-order valence-corrected chi connectivity index (χ2v) is 9.95. The van der Waals surface area contributed by atoms with E-state index in [4.69, 9.17) is 0 Å². The zero-order chi connectivity index (χ0) is 20.8. The number of carboxylic acids is 1. The summed E-state index contributed by atoms with van der Waals surface area (Å²) in [7, 11) is 3.00. The summed E-state index contributed by atoms with van der Waals surface area (Å²) in [4.78, 5) is 37.8. The average Bonchev–Trinajstić information content (AvgIpc) is 2.87. The van der Waals surface area contributed by atoms with Crippen molar-refractivity contribution in [3.05, 3.63) is 35.9 Å². The quantitative estimate of drug-likeness (QED) is 0.632. The highest BCUT2D eigenvalue weighted by atomic mass is 33.1. The van der Waals surface area contributed by atoms with Crippen LogP contribution >= 0.6 is 21.6 Å². The highest BCUT2D eigenvalue weighted by molar-refractivity contribution is 8.76. The Morgan fingerprint density at radius 1 is 1.21 bits per heavy atom. The van der Waals surface area contributed by atoms with Crippen LogP contribution in [0.4, 0.5) is 0 Å². The maximum Gasteiger partial charge on any atom is 0.328 e. The number of carbonyl (C=O) groups is 3. The molecule has 2 aliphatic heterocycles. The van der Waals surface area contributed by atoms with Crippen molar-refractivity contribution < 1.29 is 19.5 Å². The molecule has 0 spiro atoms. The van der Waals surface area contributed by atoms with Gasteiger partial charge in [-0.05, 0) is 43.9 Å². The Morgan fingerprint density at radius 2 is 1.90 bits per heavy atom. The second-order valence-electron chi connectivity index (χ2n) is 7.28. The normalized spacial score (nSPS) is 23.8. The summed E-state index contributed by atoms with van der Waals surface area (Å²) in [6.45, 7) is 1.31. The number of aliphatic carboxylic acids is 1. The monoisotopic (exact) mass is 437 g/mol. The molecule has 0 aliphatic carbocycles. The first-order chi connectivity index (χ1) is 14.0. The van der Waals surface area contributed by atoms with Crippen LogP contribution < -0.4 is 5.32 Å². The number of nitrogens with one attached hydrogen (secondary N) is 1. The maximum absolute atomic E-state index is 13.2. The van der Waals surface area contributed by atoms with Gasteiger partial charge in [-0.25, -0.2) is 9.80 Å². The Morgan fingerprint density at radius 3 is 2.55 bits per heavy atom. The molecule has 2 N–H and O–H groups in total. The van der Waals surface area contributed by atoms with Gasteiger partial charge in [0.2, 0.25) is 5.91 Å². The van der Waals surface area contributed by atoms with E-state index >= 15 is 0 Å². The largest absolute Gasteiger partial charge is 0.480 e. The van der Waals surface area contributed by atoms with Gasteiger partial charge >= 0.3 is 5.97 Å². The smallest absolute Gasteiger partial charge is 0.328 e. The number of amides is 2. The van der Waals surface area contributed by atoms with E-state index in [-0.39, 0.29) is 17.1 Å². The molecule has 2 heterocycles. The number of benzene rings is 1. The summed E-state index contributed by atoms with van der Waals surface area (Å²) in [5, 5.41) is 15.4. The van der Waals surface area contributed by atoms with E-state index < -0.39 is 18.1 Å². The van der Waals surface area contributed by atoms with Gasteiger partial charge in [0.25, 0.3) is 5.91 Å². The van der Waals surface area contributed by atoms with Crippen molar-refractivity contribution in [3.63, 3.8) is 0 Å². The molecule has 9 heteroatoms. The fourth-order valence-corrected chi connectivity index (χ4v) is 5.72. The molecular weight excluding hydrogens is 410 g/mol. The fraction of sp³-hybridized carbons (Fsp3) is 0.550. The molecule has 0 unspecified atom stereocenters. The summed E-state index contributed by atoms with van der Waals surface area (Å²) < 4.78 is 0. The molecule has 7 nitrogen and oxygen atoms in total. The van der Waals surface area contributed by atoms with Crippen molar-refractivity contribution in [2.24, 2.45) is 0 Å². The fourth-order valence-electron chi connectivity index (χ4n) is 3.91. The molecule has 3 atom stereocenters. The number of hydrogen-bond acceptors (Lipinski definition) is 6. The minimum atomic E-state index is -0.991. The zero-order valence-electron chi connectivity index (χ0n) is 16.5. The molecule has 158 valence electrons. The lowest BCUT2D eigenvalue weighted by atomic mass is 10.1. The Bertz CT molecular complexity index is 734. The van der Waals surface area contributed by atoms with E-state index in [1.54, 1.807) is 0 Å². The number of carboxylic acid groups (broad SMARTS) is 1. The summed E-state index contributed by atoms with van der Waals surface area (Å²) >= 11 is 0. The molecule has 2 amide bonds. The van der Waals surface area contributed by atoms with E-state index in [2.05, 4.69) is 5.32 Å². The van der Waals surface area contributed by atoms with Crippen LogP contribution in [0.5, 0.6) is 0 Å². The van der Waals surface area contributed by atoms with Crippen molar-refractivity contribution in [1.82, 2.24) is 15.3 Å². The molecule has 1 aromatic rings. The lowest BCUT2D eigenvalue weighted by Gasteiger charge is -2.42. The third kappa shape index (κ3) is 5.46. The highest BCUT2D eigenvalue weighted by Gasteiger charge is 2.42. The third-order valence-corrected chi connectivity index (χ3v) is 7.38. The SMILES string of the molecule is CSS[C@H](Cc1ccccc1)C(=O)N[C@@H]1CCCN2CCC[C@H](C(=O)O)N2C1=O. The summed E-state index contributed by atoms with van der Waals surface area (Å²) in [6, 6.07) is 8.26. The molecule has 1 aromatic carbocycles. The lowest BCUT2D eigenvalue weighted by Crippen LogP contribution is -2.61. The Labute approximate surface area is 178 Å². The molecule has 0 aromatic heterocycles. The number of carbonyl (C=O) groups excluding carboxylic acids is 2. The predicted octanol–water partition coefficient (Wildman–Crippen LogP) is 2.18. The van der Waals surface area contributed by atoms with E-state index in [1.807, 2.05) is 41.6 Å². The summed E-state index contributed by atoms with van der Waals surface area (Å²) in [5.74, 6) is -1.48. The first kappa shape index (κ1) is 22.0. The number of nitrogens with zero attached hydrogens (tertiary/aromatic N) is 2. The molecule has 2 aliphatic rings. The Kier molecular flexibility index (Phi) is 7.85. The average molecular weight is 438 g/mol. The van der Waals surface area contributed by atoms with Crippen molar-refractivity contribution in [1.29, 1.82) is 0 Å². The third-order valence-electron chi connectivity index (χ3n) is 5.30. The van der Waals surface area contributed by atoms with E-state index in [0.29, 0.717) is 32.4 Å². The van der Waals surface area contributed by atoms with Gasteiger partial charge in [-0.3, -0.25) is 14.6 Å². The minimum absolute atomic E-state index is 0.177. The topological polar surface area (TPSA) is 89.9 Å². The molecular formula is C20H27N3O4S2. The maximum atomic E-state index is 13.2. The van der Waals surface area contributed by atoms with Crippen LogP contribution in [0, 0.1) is 0 Å². The van der Waals surface area contributed by atoms with Gasteiger partial charge in [0.15, 0.2) is 0 Å². The van der Waals surface area contributed by atoms with Crippen LogP contribution in [0.1, 0.15) is 31.2 Å². The Hall–Kier alpha value is -1.71. The van der Waals surface area contributed by atoms with Crippen molar-refractivity contribution in [3.8, 4) is 0 Å². The van der Waals surface area contributed by atoms with Gasteiger partial charge in [0.1, 0.15) is 12.1 Å². The van der Waals surface area contributed by atoms with Gasteiger partial charge in [0, 0.05) is 13.1 Å². The molecule has 2 fully saturated rings. The van der Waals surface area contributed by atoms with Crippen LogP contribution in [-0.4, -0.2) is 69.6 Å². The molecule has 3 rings (SSSR count). The van der Waals surface area contributed by atoms with Crippen LogP contribution in [0.15, 0.2) is 30.3 Å². The summed E-state index contributed by atoms with van der Waals surface area (Å²) in [5.41, 5.74) is 1.06. The summed E-state index contributed by atoms with van der Waals surface area (Å²) in [6.07, 6.45) is 4.95. The van der Waals surface area contributed by atoms with E-state index in [0.717, 1.165) is 18.4 Å². The van der Waals surface area contributed by atoms with Gasteiger partial charge in [-0.1, -0.05) is 51.9 Å². The van der Waals surface area contributed by atoms with Crippen LogP contribution in [0.25, 0.3) is 0 Å². The number of hydrogen-bond donors (Lipinski definition) is 2. The van der Waals surface area contributed by atoms with Gasteiger partial charge in [0.05, 0.1) is 5.25 Å². The number of hydrazine groups is 1. The number of fused-ring (bicyclic) bond motifs is 1. The van der Waals surface area contributed by atoms with Crippen molar-refractivity contribution in [2.75, 3.05) is 19.3 Å². The van der Waals surface area contributed by atoms with Gasteiger partial charge in [-0.15, -0.1) is 0 Å². The van der Waals surface area contributed by atoms with E-state index in [9.17, 15) is 19.5 Å². The molecule has 2 saturated heterocycles. The lowest BCUT2D eigenvalue weighted by molar-refractivity contribution is -0.174.